The van der Waals surface area contributed by atoms with Crippen molar-refractivity contribution in [2.45, 2.75) is 39.5 Å². The van der Waals surface area contributed by atoms with E-state index in [2.05, 4.69) is 56.7 Å². The van der Waals surface area contributed by atoms with Crippen molar-refractivity contribution in [2.24, 2.45) is 0 Å². The molecule has 1 amide bonds. The average Bonchev–Trinajstić information content (AvgIpc) is 2.74. The van der Waals surface area contributed by atoms with E-state index in [1.807, 2.05) is 13.8 Å². The van der Waals surface area contributed by atoms with Gasteiger partial charge in [0.25, 0.3) is 0 Å². The summed E-state index contributed by atoms with van der Waals surface area (Å²) >= 11 is 0. The quantitative estimate of drug-likeness (QED) is 0.804. The Labute approximate surface area is 171 Å². The monoisotopic (exact) mass is 396 g/mol. The number of anilines is 3. The van der Waals surface area contributed by atoms with Crippen molar-refractivity contribution >= 4 is 23.5 Å². The first-order valence-electron chi connectivity index (χ1n) is 10.2. The minimum Gasteiger partial charge on any atom is -0.444 e. The molecule has 8 heteroatoms. The van der Waals surface area contributed by atoms with E-state index >= 15 is 0 Å². The molecule has 154 valence electrons. The molecule has 2 N–H and O–H groups in total. The summed E-state index contributed by atoms with van der Waals surface area (Å²) in [5.41, 5.74) is 3.22. The Balaban J connectivity index is 1.48. The van der Waals surface area contributed by atoms with E-state index in [0.717, 1.165) is 37.3 Å². The molecule has 0 radical (unpaired) electrons. The van der Waals surface area contributed by atoms with Crippen molar-refractivity contribution in [3.8, 4) is 0 Å². The third-order valence-corrected chi connectivity index (χ3v) is 5.35. The fourth-order valence-corrected chi connectivity index (χ4v) is 3.70. The lowest BCUT2D eigenvalue weighted by Crippen LogP contribution is -2.43. The van der Waals surface area contributed by atoms with Gasteiger partial charge < -0.3 is 20.3 Å². The first-order valence-corrected chi connectivity index (χ1v) is 10.2. The molecule has 1 saturated heterocycles. The molecule has 8 nitrogen and oxygen atoms in total. The topological polar surface area (TPSA) is 82.6 Å². The van der Waals surface area contributed by atoms with Crippen molar-refractivity contribution in [1.82, 2.24) is 15.3 Å². The van der Waals surface area contributed by atoms with E-state index in [1.165, 1.54) is 5.69 Å². The van der Waals surface area contributed by atoms with Gasteiger partial charge in [-0.15, -0.1) is 0 Å². The van der Waals surface area contributed by atoms with Crippen LogP contribution in [0.25, 0.3) is 0 Å². The summed E-state index contributed by atoms with van der Waals surface area (Å²) in [5.74, 6) is 1.12. The zero-order valence-corrected chi connectivity index (χ0v) is 17.2. The van der Waals surface area contributed by atoms with Gasteiger partial charge in [0.05, 0.1) is 11.6 Å². The van der Waals surface area contributed by atoms with Crippen molar-refractivity contribution in [3.05, 3.63) is 41.6 Å². The SMILES string of the molecule is CC(Nc1ncc2c(n1)N(C(C)C)C(=O)OC2)c1ccc(N2CCNCC2)cc1. The highest BCUT2D eigenvalue weighted by Crippen LogP contribution is 2.28. The second-order valence-electron chi connectivity index (χ2n) is 7.76. The summed E-state index contributed by atoms with van der Waals surface area (Å²) in [6, 6.07) is 8.62. The summed E-state index contributed by atoms with van der Waals surface area (Å²) in [6.07, 6.45) is 1.36. The molecular formula is C21H28N6O2. The molecule has 1 fully saturated rings. The van der Waals surface area contributed by atoms with Gasteiger partial charge in [0.15, 0.2) is 0 Å². The number of nitrogens with one attached hydrogen (secondary N) is 2. The Hall–Kier alpha value is -2.87. The van der Waals surface area contributed by atoms with Crippen LogP contribution < -0.4 is 20.4 Å². The van der Waals surface area contributed by atoms with E-state index < -0.39 is 0 Å². The maximum Gasteiger partial charge on any atom is 0.416 e. The molecule has 2 aliphatic rings. The zero-order valence-electron chi connectivity index (χ0n) is 17.2. The molecule has 0 saturated carbocycles. The number of fused-ring (bicyclic) bond motifs is 1. The number of piperazine rings is 1. The highest BCUT2D eigenvalue weighted by Gasteiger charge is 2.30. The number of carbonyl (C=O) groups is 1. The normalized spacial score (nSPS) is 17.7. The predicted octanol–water partition coefficient (Wildman–Crippen LogP) is 2.92. The van der Waals surface area contributed by atoms with E-state index in [9.17, 15) is 4.79 Å². The maximum absolute atomic E-state index is 12.1. The lowest BCUT2D eigenvalue weighted by atomic mass is 10.1. The summed E-state index contributed by atoms with van der Waals surface area (Å²) in [4.78, 5) is 25.1. The van der Waals surface area contributed by atoms with E-state index in [4.69, 9.17) is 4.74 Å². The van der Waals surface area contributed by atoms with E-state index in [1.54, 1.807) is 11.1 Å². The molecule has 1 aromatic carbocycles. The molecule has 1 unspecified atom stereocenters. The number of hydrogen-bond donors (Lipinski definition) is 2. The van der Waals surface area contributed by atoms with Crippen molar-refractivity contribution in [1.29, 1.82) is 0 Å². The van der Waals surface area contributed by atoms with Gasteiger partial charge in [0.2, 0.25) is 5.95 Å². The molecule has 2 aliphatic heterocycles. The number of carbonyl (C=O) groups excluding carboxylic acids is 1. The molecule has 0 aliphatic carbocycles. The molecule has 2 aromatic rings. The first kappa shape index (κ1) is 19.4. The van der Waals surface area contributed by atoms with Crippen molar-refractivity contribution in [3.63, 3.8) is 0 Å². The van der Waals surface area contributed by atoms with Crippen LogP contribution in [0.15, 0.2) is 30.5 Å². The Morgan fingerprint density at radius 3 is 2.55 bits per heavy atom. The van der Waals surface area contributed by atoms with Gasteiger partial charge in [0, 0.05) is 44.1 Å². The van der Waals surface area contributed by atoms with Crippen LogP contribution in [0.2, 0.25) is 0 Å². The highest BCUT2D eigenvalue weighted by atomic mass is 16.6. The van der Waals surface area contributed by atoms with Crippen molar-refractivity contribution < 1.29 is 9.53 Å². The number of hydrogen-bond acceptors (Lipinski definition) is 7. The van der Waals surface area contributed by atoms with Crippen LogP contribution >= 0.6 is 0 Å². The minimum atomic E-state index is -0.367. The third-order valence-electron chi connectivity index (χ3n) is 5.35. The lowest BCUT2D eigenvalue weighted by Gasteiger charge is -2.31. The number of nitrogens with zero attached hydrogens (tertiary/aromatic N) is 4. The van der Waals surface area contributed by atoms with Crippen LogP contribution in [0, 0.1) is 0 Å². The van der Waals surface area contributed by atoms with Gasteiger partial charge in [-0.1, -0.05) is 12.1 Å². The van der Waals surface area contributed by atoms with Gasteiger partial charge >= 0.3 is 6.09 Å². The van der Waals surface area contributed by atoms with Gasteiger partial charge in [0.1, 0.15) is 12.4 Å². The van der Waals surface area contributed by atoms with Crippen LogP contribution in [0.4, 0.5) is 22.2 Å². The Morgan fingerprint density at radius 2 is 1.86 bits per heavy atom. The smallest absolute Gasteiger partial charge is 0.416 e. The predicted molar refractivity (Wildman–Crippen MR) is 113 cm³/mol. The number of rotatable bonds is 5. The summed E-state index contributed by atoms with van der Waals surface area (Å²) in [5, 5.41) is 6.73. The Kier molecular flexibility index (Phi) is 5.53. The van der Waals surface area contributed by atoms with Crippen LogP contribution in [-0.2, 0) is 11.3 Å². The summed E-state index contributed by atoms with van der Waals surface area (Å²) in [7, 11) is 0. The largest absolute Gasteiger partial charge is 0.444 e. The summed E-state index contributed by atoms with van der Waals surface area (Å²) in [6.45, 7) is 10.3. The third kappa shape index (κ3) is 4.12. The number of benzene rings is 1. The molecule has 0 spiro atoms. The van der Waals surface area contributed by atoms with Gasteiger partial charge in [-0.05, 0) is 38.5 Å². The highest BCUT2D eigenvalue weighted by molar-refractivity contribution is 5.89. The Morgan fingerprint density at radius 1 is 1.14 bits per heavy atom. The van der Waals surface area contributed by atoms with Gasteiger partial charge in [-0.25, -0.2) is 9.78 Å². The summed E-state index contributed by atoms with van der Waals surface area (Å²) < 4.78 is 5.21. The maximum atomic E-state index is 12.1. The van der Waals surface area contributed by atoms with Gasteiger partial charge in [-0.3, -0.25) is 4.90 Å². The number of amides is 1. The lowest BCUT2D eigenvalue weighted by molar-refractivity contribution is 0.139. The van der Waals surface area contributed by atoms with Crippen LogP contribution in [-0.4, -0.2) is 48.3 Å². The molecule has 4 rings (SSSR count). The van der Waals surface area contributed by atoms with Crippen LogP contribution in [0.1, 0.15) is 37.9 Å². The number of ether oxygens (including phenoxy) is 1. The van der Waals surface area contributed by atoms with E-state index in [0.29, 0.717) is 11.8 Å². The fourth-order valence-electron chi connectivity index (χ4n) is 3.70. The average molecular weight is 396 g/mol. The standard InChI is InChI=1S/C21H28N6O2/c1-14(2)27-19-17(13-29-21(27)28)12-23-20(25-19)24-15(3)16-4-6-18(7-5-16)26-10-8-22-9-11-26/h4-7,12,14-15,22H,8-11,13H2,1-3H3,(H,23,24,25). The van der Waals surface area contributed by atoms with Gasteiger partial charge in [-0.2, -0.15) is 4.98 Å². The second kappa shape index (κ2) is 8.24. The second-order valence-corrected chi connectivity index (χ2v) is 7.76. The van der Waals surface area contributed by atoms with Crippen LogP contribution in [0.3, 0.4) is 0 Å². The van der Waals surface area contributed by atoms with E-state index in [-0.39, 0.29) is 24.8 Å². The zero-order chi connectivity index (χ0) is 20.4. The number of cyclic esters (lactones) is 1. The molecule has 3 heterocycles. The molecular weight excluding hydrogens is 368 g/mol. The minimum absolute atomic E-state index is 0.0353. The first-order chi connectivity index (χ1) is 14.0. The Bertz CT molecular complexity index is 864. The molecule has 1 atom stereocenters. The molecule has 1 aromatic heterocycles. The fraction of sp³-hybridized carbons (Fsp3) is 0.476. The van der Waals surface area contributed by atoms with Crippen LogP contribution in [0.5, 0.6) is 0 Å². The number of aromatic nitrogens is 2. The molecule has 0 bridgehead atoms. The van der Waals surface area contributed by atoms with Crippen molar-refractivity contribution in [2.75, 3.05) is 41.3 Å². The molecule has 29 heavy (non-hydrogen) atoms.